The maximum absolute atomic E-state index is 13.4. The molecule has 0 radical (unpaired) electrons. The molecular formula is C31H28F3N5O3. The van der Waals surface area contributed by atoms with Crippen molar-refractivity contribution in [3.63, 3.8) is 0 Å². The molecule has 2 aromatic carbocycles. The Morgan fingerprint density at radius 2 is 1.60 bits per heavy atom. The number of halogens is 3. The van der Waals surface area contributed by atoms with Crippen molar-refractivity contribution in [2.75, 3.05) is 10.6 Å². The van der Waals surface area contributed by atoms with Gasteiger partial charge in [0.1, 0.15) is 17.4 Å². The van der Waals surface area contributed by atoms with Crippen LogP contribution >= 0.6 is 0 Å². The number of alkyl halides is 3. The third kappa shape index (κ3) is 5.08. The van der Waals surface area contributed by atoms with Crippen LogP contribution in [-0.2, 0) is 4.79 Å². The molecule has 4 aromatic rings. The third-order valence-electron chi connectivity index (χ3n) is 8.90. The fraction of sp³-hybridized carbons (Fsp3) is 0.355. The van der Waals surface area contributed by atoms with E-state index in [-0.39, 0.29) is 16.9 Å². The Bertz CT molecular complexity index is 1650. The summed E-state index contributed by atoms with van der Waals surface area (Å²) < 4.78 is 42.1. The minimum Gasteiger partial charge on any atom is -0.405 e. The highest BCUT2D eigenvalue weighted by Crippen LogP contribution is 2.60. The minimum atomic E-state index is -4.92. The Kier molecular flexibility index (Phi) is 6.21. The highest BCUT2D eigenvalue weighted by molar-refractivity contribution is 6.06. The molecule has 0 spiro atoms. The van der Waals surface area contributed by atoms with Gasteiger partial charge in [-0.2, -0.15) is 0 Å². The first-order chi connectivity index (χ1) is 20.1. The average Bonchev–Trinajstić information content (AvgIpc) is 3.36. The van der Waals surface area contributed by atoms with Gasteiger partial charge in [0.15, 0.2) is 0 Å². The zero-order valence-electron chi connectivity index (χ0n) is 22.5. The van der Waals surface area contributed by atoms with Crippen molar-refractivity contribution in [3.8, 4) is 17.1 Å². The zero-order valence-corrected chi connectivity index (χ0v) is 22.5. The number of pyridine rings is 1. The number of aromatic amines is 1. The van der Waals surface area contributed by atoms with E-state index in [0.29, 0.717) is 46.1 Å². The zero-order chi connectivity index (χ0) is 29.1. The van der Waals surface area contributed by atoms with Crippen LogP contribution in [0.5, 0.6) is 5.75 Å². The van der Waals surface area contributed by atoms with Crippen LogP contribution in [0.1, 0.15) is 48.9 Å². The first kappa shape index (κ1) is 26.5. The standard InChI is InChI=1S/C31H28F3N5O3/c32-31(33,34)42-25-4-2-1-3-22(25)28(40)36-21-7-5-20(6-8-21)27-37-23-12-26(35-16-24(23)38-27)39-29(41)30-13-17-9-18(14-30)11-19(10-17)15-30/h1-8,12,16-19H,9-11,13-15H2,(H,36,40)(H,37,38)(H,35,39,41). The lowest BCUT2D eigenvalue weighted by atomic mass is 9.49. The van der Waals surface area contributed by atoms with E-state index in [1.165, 1.54) is 37.5 Å². The number of anilines is 2. The van der Waals surface area contributed by atoms with Gasteiger partial charge in [0.2, 0.25) is 5.91 Å². The van der Waals surface area contributed by atoms with Crippen LogP contribution in [-0.4, -0.2) is 33.1 Å². The predicted octanol–water partition coefficient (Wildman–Crippen LogP) is 6.93. The number of carbonyl (C=O) groups excluding carboxylic acids is 2. The molecule has 0 aliphatic heterocycles. The third-order valence-corrected chi connectivity index (χ3v) is 8.90. The summed E-state index contributed by atoms with van der Waals surface area (Å²) in [5.41, 5.74) is 1.96. The maximum Gasteiger partial charge on any atom is 0.573 e. The van der Waals surface area contributed by atoms with Crippen LogP contribution in [0.25, 0.3) is 22.4 Å². The molecule has 0 saturated heterocycles. The van der Waals surface area contributed by atoms with Gasteiger partial charge in [-0.05, 0) is 92.7 Å². The van der Waals surface area contributed by atoms with Crippen molar-refractivity contribution in [2.45, 2.75) is 44.9 Å². The van der Waals surface area contributed by atoms with Crippen LogP contribution in [0.4, 0.5) is 24.7 Å². The normalized spacial score (nSPS) is 24.5. The van der Waals surface area contributed by atoms with E-state index < -0.39 is 18.0 Å². The lowest BCUT2D eigenvalue weighted by Crippen LogP contribution is -2.51. The van der Waals surface area contributed by atoms with E-state index in [4.69, 9.17) is 0 Å². The summed E-state index contributed by atoms with van der Waals surface area (Å²) in [6.45, 7) is 0. The number of para-hydroxylation sites is 1. The van der Waals surface area contributed by atoms with Crippen molar-refractivity contribution in [1.29, 1.82) is 0 Å². The molecule has 2 aromatic heterocycles. The largest absolute Gasteiger partial charge is 0.573 e. The maximum atomic E-state index is 13.4. The highest BCUT2D eigenvalue weighted by atomic mass is 19.4. The Labute approximate surface area is 239 Å². The van der Waals surface area contributed by atoms with Crippen LogP contribution in [0.2, 0.25) is 0 Å². The van der Waals surface area contributed by atoms with Gasteiger partial charge < -0.3 is 20.4 Å². The number of amides is 2. The molecule has 4 saturated carbocycles. The Morgan fingerprint density at radius 3 is 2.26 bits per heavy atom. The summed E-state index contributed by atoms with van der Waals surface area (Å²) in [6, 6.07) is 13.6. The molecule has 4 aliphatic carbocycles. The summed E-state index contributed by atoms with van der Waals surface area (Å²) in [7, 11) is 0. The first-order valence-electron chi connectivity index (χ1n) is 14.1. The van der Waals surface area contributed by atoms with Crippen LogP contribution < -0.4 is 15.4 Å². The summed E-state index contributed by atoms with van der Waals surface area (Å²) in [4.78, 5) is 38.5. The molecule has 216 valence electrons. The second kappa shape index (κ2) is 9.85. The number of nitrogens with one attached hydrogen (secondary N) is 3. The van der Waals surface area contributed by atoms with E-state index in [0.717, 1.165) is 30.9 Å². The van der Waals surface area contributed by atoms with Gasteiger partial charge >= 0.3 is 6.36 Å². The van der Waals surface area contributed by atoms with Gasteiger partial charge in [0, 0.05) is 17.3 Å². The van der Waals surface area contributed by atoms with Gasteiger partial charge in [-0.15, -0.1) is 13.2 Å². The number of rotatable bonds is 6. The van der Waals surface area contributed by atoms with Gasteiger partial charge in [-0.3, -0.25) is 9.59 Å². The topological polar surface area (TPSA) is 109 Å². The summed E-state index contributed by atoms with van der Waals surface area (Å²) in [5.74, 6) is 1.83. The quantitative estimate of drug-likeness (QED) is 0.231. The number of aromatic nitrogens is 3. The van der Waals surface area contributed by atoms with Crippen LogP contribution in [0.15, 0.2) is 60.8 Å². The molecule has 11 heteroatoms. The van der Waals surface area contributed by atoms with Crippen molar-refractivity contribution >= 4 is 34.4 Å². The van der Waals surface area contributed by atoms with E-state index in [9.17, 15) is 22.8 Å². The molecule has 8 nitrogen and oxygen atoms in total. The number of carbonyl (C=O) groups is 2. The summed E-state index contributed by atoms with van der Waals surface area (Å²) >= 11 is 0. The highest BCUT2D eigenvalue weighted by Gasteiger charge is 2.54. The van der Waals surface area contributed by atoms with Crippen LogP contribution in [0, 0.1) is 23.2 Å². The number of imidazole rings is 1. The number of fused-ring (bicyclic) bond motifs is 1. The molecule has 0 atom stereocenters. The molecule has 2 heterocycles. The van der Waals surface area contributed by atoms with E-state index in [1.807, 2.05) is 0 Å². The molecule has 8 rings (SSSR count). The van der Waals surface area contributed by atoms with E-state index in [1.54, 1.807) is 36.5 Å². The average molecular weight is 576 g/mol. The number of ether oxygens (including phenoxy) is 1. The molecule has 42 heavy (non-hydrogen) atoms. The fourth-order valence-corrected chi connectivity index (χ4v) is 7.53. The lowest BCUT2D eigenvalue weighted by Gasteiger charge is -2.55. The first-order valence-corrected chi connectivity index (χ1v) is 14.1. The molecule has 4 fully saturated rings. The van der Waals surface area contributed by atoms with Crippen molar-refractivity contribution in [1.82, 2.24) is 15.0 Å². The number of nitrogens with zero attached hydrogens (tertiary/aromatic N) is 2. The number of benzene rings is 2. The van der Waals surface area contributed by atoms with Gasteiger partial charge in [-0.1, -0.05) is 12.1 Å². The van der Waals surface area contributed by atoms with Crippen molar-refractivity contribution in [2.24, 2.45) is 23.2 Å². The molecule has 0 unspecified atom stereocenters. The Morgan fingerprint density at radius 1 is 0.929 bits per heavy atom. The minimum absolute atomic E-state index is 0.0782. The summed E-state index contributed by atoms with van der Waals surface area (Å²) in [6.07, 6.45) is 3.47. The van der Waals surface area contributed by atoms with Crippen LogP contribution in [0.3, 0.4) is 0 Å². The molecular weight excluding hydrogens is 547 g/mol. The Balaban J connectivity index is 1.04. The number of H-pyrrole nitrogens is 1. The van der Waals surface area contributed by atoms with Gasteiger partial charge in [-0.25, -0.2) is 9.97 Å². The number of hydrogen-bond acceptors (Lipinski definition) is 5. The fourth-order valence-electron chi connectivity index (χ4n) is 7.53. The van der Waals surface area contributed by atoms with E-state index >= 15 is 0 Å². The second-order valence-electron chi connectivity index (χ2n) is 11.9. The number of hydrogen-bond donors (Lipinski definition) is 3. The lowest BCUT2D eigenvalue weighted by molar-refractivity contribution is -0.274. The molecule has 4 aliphatic rings. The van der Waals surface area contributed by atoms with Crippen molar-refractivity contribution in [3.05, 3.63) is 66.4 Å². The smallest absolute Gasteiger partial charge is 0.405 e. The monoisotopic (exact) mass is 575 g/mol. The second-order valence-corrected chi connectivity index (χ2v) is 11.9. The van der Waals surface area contributed by atoms with Crippen molar-refractivity contribution < 1.29 is 27.5 Å². The SMILES string of the molecule is O=C(Nc1ccc(-c2nc3cc(NC(=O)C45CC6CC(CC(C6)C4)C5)ncc3[nH]2)cc1)c1ccccc1OC(F)(F)F. The molecule has 2 amide bonds. The van der Waals surface area contributed by atoms with Gasteiger partial charge in [0.25, 0.3) is 5.91 Å². The predicted molar refractivity (Wildman–Crippen MR) is 150 cm³/mol. The summed E-state index contributed by atoms with van der Waals surface area (Å²) in [5, 5.41) is 5.68. The van der Waals surface area contributed by atoms with Gasteiger partial charge in [0.05, 0.1) is 28.2 Å². The molecule has 3 N–H and O–H groups in total. The molecule has 4 bridgehead atoms. The Hall–Kier alpha value is -4.41. The van der Waals surface area contributed by atoms with E-state index in [2.05, 4.69) is 30.3 Å².